The van der Waals surface area contributed by atoms with Gasteiger partial charge in [0.2, 0.25) is 0 Å². The number of benzene rings is 1. The van der Waals surface area contributed by atoms with E-state index in [-0.39, 0.29) is 0 Å². The molecule has 1 aromatic rings. The van der Waals surface area contributed by atoms with Crippen LogP contribution in [-0.4, -0.2) is 12.6 Å². The third kappa shape index (κ3) is 2.03. The highest BCUT2D eigenvalue weighted by Crippen LogP contribution is 2.39. The molecule has 0 aromatic heterocycles. The van der Waals surface area contributed by atoms with Gasteiger partial charge in [0.1, 0.15) is 6.07 Å². The quantitative estimate of drug-likeness (QED) is 0.781. The van der Waals surface area contributed by atoms with Crippen LogP contribution in [0.25, 0.3) is 0 Å². The summed E-state index contributed by atoms with van der Waals surface area (Å²) >= 11 is 3.49. The third-order valence-electron chi connectivity index (χ3n) is 4.41. The third-order valence-corrected chi connectivity index (χ3v) is 5.07. The molecule has 3 heteroatoms. The summed E-state index contributed by atoms with van der Waals surface area (Å²) in [4.78, 5) is 2.55. The van der Waals surface area contributed by atoms with Crippen molar-refractivity contribution in [2.75, 3.05) is 11.4 Å². The molecule has 0 N–H and O–H groups in total. The SMILES string of the molecule is N#Cc1ccc(N2CCC3CCCCC32)cc1Br. The molecule has 1 aromatic carbocycles. The van der Waals surface area contributed by atoms with E-state index in [9.17, 15) is 0 Å². The number of fused-ring (bicyclic) bond motifs is 1. The van der Waals surface area contributed by atoms with E-state index in [1.54, 1.807) is 0 Å². The summed E-state index contributed by atoms with van der Waals surface area (Å²) in [5.41, 5.74) is 1.99. The van der Waals surface area contributed by atoms with Gasteiger partial charge in [0.25, 0.3) is 0 Å². The number of halogens is 1. The Morgan fingerprint density at radius 2 is 2.06 bits per heavy atom. The van der Waals surface area contributed by atoms with Crippen molar-refractivity contribution in [2.45, 2.75) is 38.1 Å². The molecule has 94 valence electrons. The molecule has 2 atom stereocenters. The molecule has 1 aliphatic carbocycles. The summed E-state index contributed by atoms with van der Waals surface area (Å²) in [5, 5.41) is 8.97. The van der Waals surface area contributed by atoms with E-state index in [2.05, 4.69) is 39.0 Å². The molecule has 2 unspecified atom stereocenters. The van der Waals surface area contributed by atoms with Gasteiger partial charge in [0.15, 0.2) is 0 Å². The number of nitrogens with zero attached hydrogens (tertiary/aromatic N) is 2. The second-order valence-corrected chi connectivity index (χ2v) is 6.22. The second-order valence-electron chi connectivity index (χ2n) is 5.37. The van der Waals surface area contributed by atoms with E-state index in [1.165, 1.54) is 44.3 Å². The molecule has 1 saturated carbocycles. The first-order valence-electron chi connectivity index (χ1n) is 6.76. The Bertz CT molecular complexity index is 492. The minimum atomic E-state index is 0.721. The lowest BCUT2D eigenvalue weighted by Crippen LogP contribution is -2.34. The van der Waals surface area contributed by atoms with Crippen LogP contribution in [0.15, 0.2) is 22.7 Å². The Labute approximate surface area is 117 Å². The minimum absolute atomic E-state index is 0.721. The van der Waals surface area contributed by atoms with Gasteiger partial charge in [-0.2, -0.15) is 5.26 Å². The molecule has 0 amide bonds. The molecule has 1 saturated heterocycles. The predicted molar refractivity (Wildman–Crippen MR) is 76.6 cm³/mol. The van der Waals surface area contributed by atoms with Crippen LogP contribution in [0.1, 0.15) is 37.7 Å². The van der Waals surface area contributed by atoms with Gasteiger partial charge >= 0.3 is 0 Å². The minimum Gasteiger partial charge on any atom is -0.368 e. The van der Waals surface area contributed by atoms with Crippen LogP contribution in [0.2, 0.25) is 0 Å². The molecule has 0 bridgehead atoms. The van der Waals surface area contributed by atoms with Crippen LogP contribution in [-0.2, 0) is 0 Å². The standard InChI is InChI=1S/C15H17BrN2/c16-14-9-13(6-5-12(14)10-17)18-8-7-11-3-1-2-4-15(11)18/h5-6,9,11,15H,1-4,7-8H2. The second kappa shape index (κ2) is 4.93. The van der Waals surface area contributed by atoms with Crippen LogP contribution >= 0.6 is 15.9 Å². The van der Waals surface area contributed by atoms with Crippen LogP contribution < -0.4 is 4.90 Å². The Kier molecular flexibility index (Phi) is 3.30. The molecule has 18 heavy (non-hydrogen) atoms. The zero-order chi connectivity index (χ0) is 12.5. The van der Waals surface area contributed by atoms with E-state index in [4.69, 9.17) is 5.26 Å². The van der Waals surface area contributed by atoms with Crippen LogP contribution in [0, 0.1) is 17.2 Å². The average molecular weight is 305 g/mol. The fourth-order valence-electron chi connectivity index (χ4n) is 3.50. The Morgan fingerprint density at radius 1 is 1.22 bits per heavy atom. The number of rotatable bonds is 1. The molecule has 2 nitrogen and oxygen atoms in total. The van der Waals surface area contributed by atoms with Crippen molar-refractivity contribution in [1.29, 1.82) is 5.26 Å². The van der Waals surface area contributed by atoms with E-state index in [0.29, 0.717) is 0 Å². The molecular weight excluding hydrogens is 288 g/mol. The van der Waals surface area contributed by atoms with Gasteiger partial charge in [-0.25, -0.2) is 0 Å². The van der Waals surface area contributed by atoms with Gasteiger partial charge in [-0.15, -0.1) is 0 Å². The first kappa shape index (κ1) is 12.0. The molecule has 1 heterocycles. The Morgan fingerprint density at radius 3 is 2.83 bits per heavy atom. The van der Waals surface area contributed by atoms with Gasteiger partial charge in [-0.3, -0.25) is 0 Å². The number of hydrogen-bond acceptors (Lipinski definition) is 2. The van der Waals surface area contributed by atoms with Crippen molar-refractivity contribution in [1.82, 2.24) is 0 Å². The summed E-state index contributed by atoms with van der Waals surface area (Å²) < 4.78 is 0.918. The van der Waals surface area contributed by atoms with Crippen LogP contribution in [0.4, 0.5) is 5.69 Å². The number of nitriles is 1. The predicted octanol–water partition coefficient (Wildman–Crippen LogP) is 4.09. The topological polar surface area (TPSA) is 27.0 Å². The molecule has 1 aliphatic heterocycles. The van der Waals surface area contributed by atoms with Crippen molar-refractivity contribution >= 4 is 21.6 Å². The smallest absolute Gasteiger partial charge is 0.100 e. The van der Waals surface area contributed by atoms with Gasteiger partial charge in [-0.1, -0.05) is 12.8 Å². The number of hydrogen-bond donors (Lipinski definition) is 0. The Balaban J connectivity index is 1.87. The van der Waals surface area contributed by atoms with Gasteiger partial charge in [0, 0.05) is 22.7 Å². The highest BCUT2D eigenvalue weighted by molar-refractivity contribution is 9.10. The molecular formula is C15H17BrN2. The zero-order valence-electron chi connectivity index (χ0n) is 10.4. The molecule has 0 radical (unpaired) electrons. The highest BCUT2D eigenvalue weighted by atomic mass is 79.9. The lowest BCUT2D eigenvalue weighted by Gasteiger charge is -2.33. The molecule has 0 spiro atoms. The van der Waals surface area contributed by atoms with Crippen molar-refractivity contribution < 1.29 is 0 Å². The molecule has 3 rings (SSSR count). The Hall–Kier alpha value is -1.01. The van der Waals surface area contributed by atoms with E-state index >= 15 is 0 Å². The highest BCUT2D eigenvalue weighted by Gasteiger charge is 2.35. The molecule has 2 fully saturated rings. The van der Waals surface area contributed by atoms with E-state index in [0.717, 1.165) is 22.0 Å². The average Bonchev–Trinajstić information content (AvgIpc) is 2.82. The van der Waals surface area contributed by atoms with Crippen molar-refractivity contribution in [3.63, 3.8) is 0 Å². The maximum Gasteiger partial charge on any atom is 0.100 e. The van der Waals surface area contributed by atoms with E-state index in [1.807, 2.05) is 6.07 Å². The zero-order valence-corrected chi connectivity index (χ0v) is 12.0. The largest absolute Gasteiger partial charge is 0.368 e. The lowest BCUT2D eigenvalue weighted by atomic mass is 9.85. The first-order valence-corrected chi connectivity index (χ1v) is 7.55. The van der Waals surface area contributed by atoms with Gasteiger partial charge in [-0.05, 0) is 59.3 Å². The van der Waals surface area contributed by atoms with Crippen molar-refractivity contribution in [3.8, 4) is 6.07 Å². The van der Waals surface area contributed by atoms with Crippen LogP contribution in [0.3, 0.4) is 0 Å². The summed E-state index contributed by atoms with van der Waals surface area (Å²) in [6.07, 6.45) is 6.85. The fraction of sp³-hybridized carbons (Fsp3) is 0.533. The lowest BCUT2D eigenvalue weighted by molar-refractivity contribution is 0.342. The number of anilines is 1. The van der Waals surface area contributed by atoms with Gasteiger partial charge in [0.05, 0.1) is 5.56 Å². The first-order chi connectivity index (χ1) is 8.79. The maximum atomic E-state index is 8.97. The van der Waals surface area contributed by atoms with Crippen molar-refractivity contribution in [3.05, 3.63) is 28.2 Å². The monoisotopic (exact) mass is 304 g/mol. The summed E-state index contributed by atoms with van der Waals surface area (Å²) in [6.45, 7) is 1.17. The van der Waals surface area contributed by atoms with Crippen molar-refractivity contribution in [2.24, 2.45) is 5.92 Å². The molecule has 2 aliphatic rings. The summed E-state index contributed by atoms with van der Waals surface area (Å²) in [7, 11) is 0. The van der Waals surface area contributed by atoms with Crippen LogP contribution in [0.5, 0.6) is 0 Å². The van der Waals surface area contributed by atoms with E-state index < -0.39 is 0 Å². The fourth-order valence-corrected chi connectivity index (χ4v) is 3.96. The van der Waals surface area contributed by atoms with Gasteiger partial charge < -0.3 is 4.90 Å². The normalized spacial score (nSPS) is 26.8. The summed E-state index contributed by atoms with van der Waals surface area (Å²) in [6, 6.07) is 9.07. The summed E-state index contributed by atoms with van der Waals surface area (Å²) in [5.74, 6) is 0.896. The maximum absolute atomic E-state index is 8.97.